The van der Waals surface area contributed by atoms with E-state index in [1.165, 1.54) is 12.1 Å². The molecule has 0 fully saturated rings. The minimum Gasteiger partial charge on any atom is -0.354 e. The first-order chi connectivity index (χ1) is 12.6. The molecule has 0 spiro atoms. The Kier molecular flexibility index (Phi) is 5.81. The summed E-state index contributed by atoms with van der Waals surface area (Å²) < 4.78 is 12.9. The number of hydrogen-bond donors (Lipinski definition) is 2. The van der Waals surface area contributed by atoms with Crippen LogP contribution in [0.4, 0.5) is 15.8 Å². The Bertz CT molecular complexity index is 882. The molecule has 3 rings (SSSR count). The molecule has 4 nitrogen and oxygen atoms in total. The second-order valence-corrected chi connectivity index (χ2v) is 6.14. The third-order valence-electron chi connectivity index (χ3n) is 3.72. The van der Waals surface area contributed by atoms with Gasteiger partial charge in [-0.05, 0) is 60.5 Å². The maximum Gasteiger partial charge on any atom is 0.269 e. The molecule has 1 aromatic heterocycles. The van der Waals surface area contributed by atoms with Crippen LogP contribution >= 0.6 is 11.6 Å². The van der Waals surface area contributed by atoms with Crippen LogP contribution in [0.15, 0.2) is 66.9 Å². The zero-order valence-electron chi connectivity index (χ0n) is 13.9. The number of carbonyl (C=O) groups excluding carboxylic acids is 1. The molecule has 2 N–H and O–H groups in total. The molecule has 0 aliphatic carbocycles. The number of halogens is 2. The van der Waals surface area contributed by atoms with Crippen LogP contribution in [0.3, 0.4) is 0 Å². The van der Waals surface area contributed by atoms with Crippen LogP contribution in [0.2, 0.25) is 5.02 Å². The summed E-state index contributed by atoms with van der Waals surface area (Å²) in [6.07, 6.45) is 2.26. The van der Waals surface area contributed by atoms with Gasteiger partial charge in [-0.25, -0.2) is 9.37 Å². The monoisotopic (exact) mass is 369 g/mol. The maximum atomic E-state index is 12.9. The molecule has 0 aliphatic rings. The molecule has 0 aliphatic heterocycles. The number of rotatable bonds is 6. The second kappa shape index (κ2) is 8.45. The molecule has 0 saturated heterocycles. The largest absolute Gasteiger partial charge is 0.354 e. The molecule has 0 saturated carbocycles. The summed E-state index contributed by atoms with van der Waals surface area (Å²) in [5.74, 6) is -0.529. The van der Waals surface area contributed by atoms with Crippen LogP contribution in [0.5, 0.6) is 0 Å². The lowest BCUT2D eigenvalue weighted by molar-refractivity contribution is 0.0949. The summed E-state index contributed by atoms with van der Waals surface area (Å²) >= 11 is 5.94. The summed E-state index contributed by atoms with van der Waals surface area (Å²) in [6.45, 7) is 0.496. The Morgan fingerprint density at radius 1 is 1.04 bits per heavy atom. The molecule has 2 aromatic carbocycles. The maximum absolute atomic E-state index is 12.9. The number of nitrogens with one attached hydrogen (secondary N) is 2. The Morgan fingerprint density at radius 3 is 2.50 bits per heavy atom. The molecule has 0 atom stereocenters. The molecule has 3 aromatic rings. The normalized spacial score (nSPS) is 10.4. The van der Waals surface area contributed by atoms with E-state index in [9.17, 15) is 9.18 Å². The van der Waals surface area contributed by atoms with Crippen molar-refractivity contribution in [3.63, 3.8) is 0 Å². The Labute approximate surface area is 156 Å². The van der Waals surface area contributed by atoms with Crippen LogP contribution in [0, 0.1) is 5.82 Å². The van der Waals surface area contributed by atoms with Gasteiger partial charge in [0, 0.05) is 17.3 Å². The van der Waals surface area contributed by atoms with Gasteiger partial charge < -0.3 is 10.6 Å². The first-order valence-corrected chi connectivity index (χ1v) is 8.49. The fourth-order valence-corrected chi connectivity index (χ4v) is 2.62. The van der Waals surface area contributed by atoms with E-state index in [2.05, 4.69) is 15.6 Å². The van der Waals surface area contributed by atoms with E-state index >= 15 is 0 Å². The van der Waals surface area contributed by atoms with Gasteiger partial charge in [0.2, 0.25) is 0 Å². The molecule has 26 heavy (non-hydrogen) atoms. The van der Waals surface area contributed by atoms with Gasteiger partial charge in [-0.1, -0.05) is 23.7 Å². The average Bonchev–Trinajstić information content (AvgIpc) is 2.64. The van der Waals surface area contributed by atoms with Crippen molar-refractivity contribution in [2.24, 2.45) is 0 Å². The van der Waals surface area contributed by atoms with Crippen molar-refractivity contribution in [3.8, 4) is 0 Å². The van der Waals surface area contributed by atoms with Crippen molar-refractivity contribution in [2.75, 3.05) is 11.9 Å². The van der Waals surface area contributed by atoms with Gasteiger partial charge in [-0.15, -0.1) is 0 Å². The number of nitrogens with zero attached hydrogens (tertiary/aromatic N) is 1. The van der Waals surface area contributed by atoms with Crippen molar-refractivity contribution in [1.29, 1.82) is 0 Å². The third kappa shape index (κ3) is 5.04. The highest BCUT2D eigenvalue weighted by atomic mass is 35.5. The highest BCUT2D eigenvalue weighted by Gasteiger charge is 2.07. The van der Waals surface area contributed by atoms with Crippen LogP contribution < -0.4 is 10.6 Å². The third-order valence-corrected chi connectivity index (χ3v) is 3.95. The van der Waals surface area contributed by atoms with E-state index in [1.54, 1.807) is 30.5 Å². The van der Waals surface area contributed by atoms with Crippen molar-refractivity contribution in [2.45, 2.75) is 6.42 Å². The van der Waals surface area contributed by atoms with Crippen molar-refractivity contribution in [1.82, 2.24) is 10.3 Å². The molecular formula is C20H17ClFN3O. The number of hydrogen-bond acceptors (Lipinski definition) is 3. The fourth-order valence-electron chi connectivity index (χ4n) is 2.41. The van der Waals surface area contributed by atoms with Gasteiger partial charge in [0.15, 0.2) is 0 Å². The molecule has 1 amide bonds. The van der Waals surface area contributed by atoms with Gasteiger partial charge >= 0.3 is 0 Å². The average molecular weight is 370 g/mol. The first-order valence-electron chi connectivity index (χ1n) is 8.11. The fraction of sp³-hybridized carbons (Fsp3) is 0.100. The highest BCUT2D eigenvalue weighted by molar-refractivity contribution is 6.30. The predicted octanol–water partition coefficient (Wildman–Crippen LogP) is 4.59. The summed E-state index contributed by atoms with van der Waals surface area (Å²) in [4.78, 5) is 16.3. The van der Waals surface area contributed by atoms with Gasteiger partial charge in [-0.3, -0.25) is 4.79 Å². The zero-order chi connectivity index (χ0) is 18.4. The van der Waals surface area contributed by atoms with Gasteiger partial charge in [0.25, 0.3) is 5.91 Å². The smallest absolute Gasteiger partial charge is 0.269 e. The molecule has 6 heteroatoms. The van der Waals surface area contributed by atoms with Crippen LogP contribution in [0.25, 0.3) is 0 Å². The Balaban J connectivity index is 1.52. The molecule has 0 bridgehead atoms. The van der Waals surface area contributed by atoms with E-state index in [1.807, 2.05) is 24.3 Å². The van der Waals surface area contributed by atoms with Crippen LogP contribution in [-0.2, 0) is 6.42 Å². The lowest BCUT2D eigenvalue weighted by atomic mass is 10.1. The van der Waals surface area contributed by atoms with E-state index in [-0.39, 0.29) is 11.7 Å². The summed E-state index contributed by atoms with van der Waals surface area (Å²) in [6, 6.07) is 16.9. The molecule has 132 valence electrons. The topological polar surface area (TPSA) is 54.0 Å². The van der Waals surface area contributed by atoms with Crippen molar-refractivity contribution in [3.05, 3.63) is 89.0 Å². The van der Waals surface area contributed by atoms with Crippen LogP contribution in [-0.4, -0.2) is 17.4 Å². The highest BCUT2D eigenvalue weighted by Crippen LogP contribution is 2.16. The van der Waals surface area contributed by atoms with E-state index in [0.29, 0.717) is 29.4 Å². The molecule has 0 radical (unpaired) electrons. The zero-order valence-corrected chi connectivity index (χ0v) is 14.6. The molecular weight excluding hydrogens is 353 g/mol. The second-order valence-electron chi connectivity index (χ2n) is 5.70. The number of aromatic nitrogens is 1. The number of benzene rings is 2. The SMILES string of the molecule is O=C(NCCc1cccc(Cl)c1)c1ccc(Nc2ccc(F)cc2)cn1. The van der Waals surface area contributed by atoms with Gasteiger partial charge in [0.05, 0.1) is 11.9 Å². The lowest BCUT2D eigenvalue weighted by Gasteiger charge is -2.08. The molecule has 0 unspecified atom stereocenters. The Hall–Kier alpha value is -2.92. The van der Waals surface area contributed by atoms with Crippen molar-refractivity contribution < 1.29 is 9.18 Å². The number of carbonyl (C=O) groups is 1. The van der Waals surface area contributed by atoms with E-state index < -0.39 is 0 Å². The first kappa shape index (κ1) is 17.9. The number of anilines is 2. The van der Waals surface area contributed by atoms with Gasteiger partial charge in [0.1, 0.15) is 11.5 Å². The standard InChI is InChI=1S/C20H17ClFN3O/c21-15-3-1-2-14(12-15)10-11-23-20(26)19-9-8-18(13-24-19)25-17-6-4-16(22)5-7-17/h1-9,12-13,25H,10-11H2,(H,23,26). The van der Waals surface area contributed by atoms with E-state index in [0.717, 1.165) is 11.3 Å². The quantitative estimate of drug-likeness (QED) is 0.668. The minimum absolute atomic E-state index is 0.236. The van der Waals surface area contributed by atoms with Crippen LogP contribution in [0.1, 0.15) is 16.1 Å². The molecule has 1 heterocycles. The summed E-state index contributed by atoms with van der Waals surface area (Å²) in [7, 11) is 0. The van der Waals surface area contributed by atoms with Crippen molar-refractivity contribution >= 4 is 28.9 Å². The Morgan fingerprint density at radius 2 is 1.81 bits per heavy atom. The predicted molar refractivity (Wildman–Crippen MR) is 101 cm³/mol. The summed E-state index contributed by atoms with van der Waals surface area (Å²) in [5.41, 5.74) is 2.85. The van der Waals surface area contributed by atoms with Gasteiger partial charge in [-0.2, -0.15) is 0 Å². The lowest BCUT2D eigenvalue weighted by Crippen LogP contribution is -2.26. The number of pyridine rings is 1. The number of amides is 1. The summed E-state index contributed by atoms with van der Waals surface area (Å²) in [5, 5.41) is 6.61. The minimum atomic E-state index is -0.293. The van der Waals surface area contributed by atoms with E-state index in [4.69, 9.17) is 11.6 Å².